The molecule has 0 radical (unpaired) electrons. The van der Waals surface area contributed by atoms with E-state index in [1.807, 2.05) is 13.8 Å². The number of ether oxygens (including phenoxy) is 1. The molecule has 0 aliphatic carbocycles. The molecule has 13 heteroatoms. The van der Waals surface area contributed by atoms with Gasteiger partial charge in [-0.25, -0.2) is 16.8 Å². The molecule has 3 rings (SSSR count). The average Bonchev–Trinajstić information content (AvgIpc) is 2.87. The Kier molecular flexibility index (Phi) is 9.29. The van der Waals surface area contributed by atoms with Crippen LogP contribution in [-0.2, 0) is 29.6 Å². The molecule has 0 aromatic heterocycles. The van der Waals surface area contributed by atoms with Crippen molar-refractivity contribution in [3.63, 3.8) is 0 Å². The first-order valence-electron chi connectivity index (χ1n) is 11.8. The maximum Gasteiger partial charge on any atom is 0.253 e. The van der Waals surface area contributed by atoms with E-state index in [9.17, 15) is 26.4 Å². The van der Waals surface area contributed by atoms with Gasteiger partial charge >= 0.3 is 0 Å². The maximum absolute atomic E-state index is 12.9. The van der Waals surface area contributed by atoms with Crippen LogP contribution in [0, 0.1) is 0 Å². The summed E-state index contributed by atoms with van der Waals surface area (Å²) >= 11 is 0. The highest BCUT2D eigenvalue weighted by Crippen LogP contribution is 2.23. The van der Waals surface area contributed by atoms with Gasteiger partial charge in [0.15, 0.2) is 0 Å². The molecule has 1 unspecified atom stereocenters. The lowest BCUT2D eigenvalue weighted by Crippen LogP contribution is -2.40. The SMILES string of the molecule is CCC(C)NC(=O)c1ccccc1NC(=O)CN(c1ccc(S(=O)(=O)N2CCOCC2)cc1)S(C)(=O)=O. The summed E-state index contributed by atoms with van der Waals surface area (Å²) in [6, 6.07) is 11.7. The van der Waals surface area contributed by atoms with Crippen LogP contribution in [0.1, 0.15) is 30.6 Å². The number of hydrogen-bond donors (Lipinski definition) is 2. The van der Waals surface area contributed by atoms with E-state index in [4.69, 9.17) is 4.74 Å². The summed E-state index contributed by atoms with van der Waals surface area (Å²) in [6.07, 6.45) is 1.68. The number of benzene rings is 2. The molecule has 1 atom stereocenters. The van der Waals surface area contributed by atoms with Crippen LogP contribution in [0.2, 0.25) is 0 Å². The Morgan fingerprint density at radius 3 is 2.24 bits per heavy atom. The van der Waals surface area contributed by atoms with Crippen molar-refractivity contribution in [3.05, 3.63) is 54.1 Å². The normalized spacial score (nSPS) is 15.5. The largest absolute Gasteiger partial charge is 0.379 e. The first-order valence-corrected chi connectivity index (χ1v) is 15.1. The molecule has 1 heterocycles. The molecule has 2 aromatic carbocycles. The van der Waals surface area contributed by atoms with E-state index in [0.717, 1.165) is 17.0 Å². The third-order valence-corrected chi connectivity index (χ3v) is 8.91. The van der Waals surface area contributed by atoms with Gasteiger partial charge in [-0.05, 0) is 49.7 Å². The fourth-order valence-electron chi connectivity index (χ4n) is 3.63. The molecule has 2 amide bonds. The predicted molar refractivity (Wildman–Crippen MR) is 141 cm³/mol. The number of sulfonamides is 2. The number of amides is 2. The highest BCUT2D eigenvalue weighted by Gasteiger charge is 2.27. The van der Waals surface area contributed by atoms with Gasteiger partial charge in [0, 0.05) is 19.1 Å². The fourth-order valence-corrected chi connectivity index (χ4v) is 5.90. The van der Waals surface area contributed by atoms with Crippen LogP contribution < -0.4 is 14.9 Å². The van der Waals surface area contributed by atoms with E-state index in [1.165, 1.54) is 28.6 Å². The summed E-state index contributed by atoms with van der Waals surface area (Å²) in [5.74, 6) is -1.03. The number of nitrogens with one attached hydrogen (secondary N) is 2. The number of carbonyl (C=O) groups is 2. The molecule has 0 saturated carbocycles. The van der Waals surface area contributed by atoms with Crippen molar-refractivity contribution in [2.24, 2.45) is 0 Å². The van der Waals surface area contributed by atoms with E-state index in [0.29, 0.717) is 13.2 Å². The van der Waals surface area contributed by atoms with E-state index in [-0.39, 0.29) is 46.9 Å². The lowest BCUT2D eigenvalue weighted by molar-refractivity contribution is -0.114. The number of morpholine rings is 1. The second kappa shape index (κ2) is 12.0. The van der Waals surface area contributed by atoms with Crippen molar-refractivity contribution in [2.75, 3.05) is 48.7 Å². The van der Waals surface area contributed by atoms with Gasteiger partial charge in [-0.3, -0.25) is 13.9 Å². The van der Waals surface area contributed by atoms with Crippen LogP contribution in [0.25, 0.3) is 0 Å². The molecule has 2 N–H and O–H groups in total. The zero-order valence-electron chi connectivity index (χ0n) is 21.0. The Labute approximate surface area is 217 Å². The van der Waals surface area contributed by atoms with Gasteiger partial charge in [0.2, 0.25) is 26.0 Å². The minimum absolute atomic E-state index is 0.0114. The van der Waals surface area contributed by atoms with E-state index < -0.39 is 32.5 Å². The Balaban J connectivity index is 1.78. The van der Waals surface area contributed by atoms with Gasteiger partial charge in [-0.15, -0.1) is 0 Å². The first-order chi connectivity index (χ1) is 17.4. The molecule has 1 saturated heterocycles. The average molecular weight is 553 g/mol. The molecule has 37 heavy (non-hydrogen) atoms. The van der Waals surface area contributed by atoms with E-state index in [1.54, 1.807) is 24.3 Å². The summed E-state index contributed by atoms with van der Waals surface area (Å²) < 4.78 is 58.1. The summed E-state index contributed by atoms with van der Waals surface area (Å²) in [6.45, 7) is 4.29. The third kappa shape index (κ3) is 7.28. The molecule has 2 aromatic rings. The molecular weight excluding hydrogens is 520 g/mol. The predicted octanol–water partition coefficient (Wildman–Crippen LogP) is 1.64. The third-order valence-electron chi connectivity index (χ3n) is 5.86. The van der Waals surface area contributed by atoms with Gasteiger partial charge < -0.3 is 15.4 Å². The molecule has 1 aliphatic heterocycles. The van der Waals surface area contributed by atoms with Crippen LogP contribution >= 0.6 is 0 Å². The summed E-state index contributed by atoms with van der Waals surface area (Å²) in [5.41, 5.74) is 0.620. The molecule has 1 aliphatic rings. The molecule has 1 fully saturated rings. The molecule has 0 spiro atoms. The Bertz CT molecular complexity index is 1320. The zero-order valence-corrected chi connectivity index (χ0v) is 22.6. The van der Waals surface area contributed by atoms with Crippen LogP contribution in [0.15, 0.2) is 53.4 Å². The Morgan fingerprint density at radius 2 is 1.65 bits per heavy atom. The number of nitrogens with zero attached hydrogens (tertiary/aromatic N) is 2. The lowest BCUT2D eigenvalue weighted by Gasteiger charge is -2.26. The number of carbonyl (C=O) groups excluding carboxylic acids is 2. The Hall–Kier alpha value is -3.00. The summed E-state index contributed by atoms with van der Waals surface area (Å²) in [4.78, 5) is 25.5. The van der Waals surface area contributed by atoms with Crippen molar-refractivity contribution < 1.29 is 31.2 Å². The van der Waals surface area contributed by atoms with Crippen LogP contribution in [0.4, 0.5) is 11.4 Å². The number of para-hydroxylation sites is 1. The van der Waals surface area contributed by atoms with Crippen molar-refractivity contribution in [2.45, 2.75) is 31.2 Å². The maximum atomic E-state index is 12.9. The second-order valence-corrected chi connectivity index (χ2v) is 12.5. The lowest BCUT2D eigenvalue weighted by atomic mass is 10.1. The van der Waals surface area contributed by atoms with Gasteiger partial charge in [0.25, 0.3) is 5.91 Å². The van der Waals surface area contributed by atoms with Crippen molar-refractivity contribution in [3.8, 4) is 0 Å². The number of rotatable bonds is 10. The van der Waals surface area contributed by atoms with Gasteiger partial charge in [0.05, 0.1) is 41.3 Å². The first kappa shape index (κ1) is 28.6. The molecule has 0 bridgehead atoms. The standard InChI is InChI=1S/C24H32N4O7S2/c1-4-18(2)25-24(30)21-7-5-6-8-22(21)26-23(29)17-28(36(3,31)32)19-9-11-20(12-10-19)37(33,34)27-13-15-35-16-14-27/h5-12,18H,4,13-17H2,1-3H3,(H,25,30)(H,26,29). The van der Waals surface area contributed by atoms with Crippen LogP contribution in [0.5, 0.6) is 0 Å². The molecule has 202 valence electrons. The van der Waals surface area contributed by atoms with Crippen LogP contribution in [-0.4, -0.2) is 78.1 Å². The van der Waals surface area contributed by atoms with Crippen molar-refractivity contribution in [1.29, 1.82) is 0 Å². The summed E-state index contributed by atoms with van der Waals surface area (Å²) in [5, 5.41) is 5.45. The van der Waals surface area contributed by atoms with Gasteiger partial charge in [-0.1, -0.05) is 19.1 Å². The number of anilines is 2. The molecular formula is C24H32N4O7S2. The number of hydrogen-bond acceptors (Lipinski definition) is 7. The van der Waals surface area contributed by atoms with Gasteiger partial charge in [0.1, 0.15) is 6.54 Å². The van der Waals surface area contributed by atoms with E-state index >= 15 is 0 Å². The van der Waals surface area contributed by atoms with Crippen molar-refractivity contribution in [1.82, 2.24) is 9.62 Å². The smallest absolute Gasteiger partial charge is 0.253 e. The quantitative estimate of drug-likeness (QED) is 0.456. The minimum atomic E-state index is -3.90. The van der Waals surface area contributed by atoms with Gasteiger partial charge in [-0.2, -0.15) is 4.31 Å². The second-order valence-electron chi connectivity index (χ2n) is 8.66. The zero-order chi connectivity index (χ0) is 27.2. The topological polar surface area (TPSA) is 142 Å². The highest BCUT2D eigenvalue weighted by molar-refractivity contribution is 7.92. The van der Waals surface area contributed by atoms with E-state index in [2.05, 4.69) is 10.6 Å². The van der Waals surface area contributed by atoms with Crippen LogP contribution in [0.3, 0.4) is 0 Å². The fraction of sp³-hybridized carbons (Fsp3) is 0.417. The Morgan fingerprint density at radius 1 is 1.03 bits per heavy atom. The highest BCUT2D eigenvalue weighted by atomic mass is 32.2. The summed E-state index contributed by atoms with van der Waals surface area (Å²) in [7, 11) is -7.66. The minimum Gasteiger partial charge on any atom is -0.379 e. The van der Waals surface area contributed by atoms with Crippen molar-refractivity contribution >= 4 is 43.2 Å². The monoisotopic (exact) mass is 552 g/mol. The molecule has 11 nitrogen and oxygen atoms in total.